The van der Waals surface area contributed by atoms with Crippen LogP contribution >= 0.6 is 0 Å². The van der Waals surface area contributed by atoms with Crippen LogP contribution in [0.5, 0.6) is 0 Å². The first-order valence-corrected chi connectivity index (χ1v) is 6.10. The van der Waals surface area contributed by atoms with Crippen LogP contribution in [0, 0.1) is 5.82 Å². The third-order valence-electron chi connectivity index (χ3n) is 3.17. The van der Waals surface area contributed by atoms with Crippen LogP contribution in [0.3, 0.4) is 0 Å². The van der Waals surface area contributed by atoms with Crippen LogP contribution in [0.4, 0.5) is 4.39 Å². The van der Waals surface area contributed by atoms with Crippen molar-refractivity contribution in [3.8, 4) is 0 Å². The van der Waals surface area contributed by atoms with Gasteiger partial charge in [-0.1, -0.05) is 12.1 Å². The fourth-order valence-corrected chi connectivity index (χ4v) is 1.98. The number of halogens is 1. The number of hydrogen-bond acceptors (Lipinski definition) is 1. The topological polar surface area (TPSA) is 34.0 Å². The van der Waals surface area contributed by atoms with Gasteiger partial charge in [0, 0.05) is 13.2 Å². The van der Waals surface area contributed by atoms with Crippen molar-refractivity contribution in [3.63, 3.8) is 0 Å². The van der Waals surface area contributed by atoms with Gasteiger partial charge in [-0.3, -0.25) is 4.79 Å². The molecule has 0 aliphatic carbocycles. The summed E-state index contributed by atoms with van der Waals surface area (Å²) in [7, 11) is 1.82. The molecule has 1 N–H and O–H groups in total. The second-order valence-corrected chi connectivity index (χ2v) is 5.09. The third kappa shape index (κ3) is 2.84. The fourth-order valence-electron chi connectivity index (χ4n) is 1.98. The Balaban J connectivity index is 2.19. The first-order valence-electron chi connectivity index (χ1n) is 6.10. The summed E-state index contributed by atoms with van der Waals surface area (Å²) in [6, 6.07) is 9.73. The summed E-state index contributed by atoms with van der Waals surface area (Å²) in [5.41, 5.74) is 0.890. The summed E-state index contributed by atoms with van der Waals surface area (Å²) in [6.45, 7) is 3.78. The highest BCUT2D eigenvalue weighted by molar-refractivity contribution is 5.93. The van der Waals surface area contributed by atoms with Crippen LogP contribution in [0.2, 0.25) is 0 Å². The molecular weight excluding hydrogens is 243 g/mol. The summed E-state index contributed by atoms with van der Waals surface area (Å²) < 4.78 is 14.7. The molecule has 4 heteroatoms. The van der Waals surface area contributed by atoms with Gasteiger partial charge in [0.05, 0.1) is 5.54 Å². The van der Waals surface area contributed by atoms with E-state index in [2.05, 4.69) is 5.32 Å². The Morgan fingerprint density at radius 3 is 2.37 bits per heavy atom. The van der Waals surface area contributed by atoms with Crippen LogP contribution in [0.1, 0.15) is 29.9 Å². The number of carbonyl (C=O) groups excluding carboxylic acids is 1. The molecule has 0 fully saturated rings. The molecule has 0 saturated heterocycles. The molecule has 0 aliphatic rings. The van der Waals surface area contributed by atoms with Crippen molar-refractivity contribution >= 4 is 5.91 Å². The van der Waals surface area contributed by atoms with Crippen molar-refractivity contribution < 1.29 is 9.18 Å². The lowest BCUT2D eigenvalue weighted by molar-refractivity contribution is 0.0903. The van der Waals surface area contributed by atoms with Crippen LogP contribution in [0.25, 0.3) is 0 Å². The van der Waals surface area contributed by atoms with Crippen LogP contribution < -0.4 is 5.32 Å². The van der Waals surface area contributed by atoms with Gasteiger partial charge in [-0.15, -0.1) is 0 Å². The molecule has 1 heterocycles. The maximum absolute atomic E-state index is 12.9. The molecule has 19 heavy (non-hydrogen) atoms. The molecule has 1 aromatic carbocycles. The van der Waals surface area contributed by atoms with E-state index in [0.29, 0.717) is 5.69 Å². The lowest BCUT2D eigenvalue weighted by Gasteiger charge is -2.27. The quantitative estimate of drug-likeness (QED) is 0.904. The van der Waals surface area contributed by atoms with Gasteiger partial charge in [0.2, 0.25) is 0 Å². The molecule has 1 aromatic heterocycles. The van der Waals surface area contributed by atoms with E-state index in [-0.39, 0.29) is 11.7 Å². The van der Waals surface area contributed by atoms with Gasteiger partial charge in [0.15, 0.2) is 0 Å². The van der Waals surface area contributed by atoms with E-state index in [1.807, 2.05) is 33.2 Å². The molecule has 0 bridgehead atoms. The Morgan fingerprint density at radius 1 is 1.21 bits per heavy atom. The summed E-state index contributed by atoms with van der Waals surface area (Å²) in [5.74, 6) is -0.435. The lowest BCUT2D eigenvalue weighted by Crippen LogP contribution is -2.41. The number of nitrogens with one attached hydrogen (secondary N) is 1. The maximum Gasteiger partial charge on any atom is 0.268 e. The van der Waals surface area contributed by atoms with Gasteiger partial charge < -0.3 is 9.88 Å². The first-order chi connectivity index (χ1) is 8.90. The highest BCUT2D eigenvalue weighted by Crippen LogP contribution is 2.20. The highest BCUT2D eigenvalue weighted by Gasteiger charge is 2.24. The monoisotopic (exact) mass is 260 g/mol. The van der Waals surface area contributed by atoms with E-state index in [9.17, 15) is 9.18 Å². The summed E-state index contributed by atoms with van der Waals surface area (Å²) >= 11 is 0. The van der Waals surface area contributed by atoms with E-state index in [4.69, 9.17) is 0 Å². The zero-order valence-corrected chi connectivity index (χ0v) is 11.3. The molecule has 2 rings (SSSR count). The number of nitrogens with zero attached hydrogens (tertiary/aromatic N) is 1. The van der Waals surface area contributed by atoms with Crippen LogP contribution in [-0.2, 0) is 12.6 Å². The number of benzene rings is 1. The Hall–Kier alpha value is -2.10. The fraction of sp³-hybridized carbons (Fsp3) is 0.267. The van der Waals surface area contributed by atoms with E-state index in [0.717, 1.165) is 5.56 Å². The Morgan fingerprint density at radius 2 is 1.84 bits per heavy atom. The standard InChI is InChI=1S/C15H17FN2O/c1-15(2,11-6-8-12(16)9-7-11)17-14(19)13-5-4-10-18(13)3/h4-10H,1-3H3,(H,17,19). The van der Waals surface area contributed by atoms with E-state index in [1.54, 1.807) is 22.8 Å². The second-order valence-electron chi connectivity index (χ2n) is 5.09. The van der Waals surface area contributed by atoms with Crippen molar-refractivity contribution in [2.24, 2.45) is 7.05 Å². The molecule has 0 radical (unpaired) electrons. The number of aromatic nitrogens is 1. The third-order valence-corrected chi connectivity index (χ3v) is 3.17. The van der Waals surface area contributed by atoms with Gasteiger partial charge in [0.25, 0.3) is 5.91 Å². The number of carbonyl (C=O) groups is 1. The molecule has 0 saturated carbocycles. The number of rotatable bonds is 3. The highest BCUT2D eigenvalue weighted by atomic mass is 19.1. The summed E-state index contributed by atoms with van der Waals surface area (Å²) in [5, 5.41) is 2.95. The molecule has 2 aromatic rings. The SMILES string of the molecule is Cn1cccc1C(=O)NC(C)(C)c1ccc(F)cc1. The zero-order valence-electron chi connectivity index (χ0n) is 11.3. The minimum atomic E-state index is -0.560. The molecular formula is C15H17FN2O. The predicted octanol–water partition coefficient (Wildman–Crippen LogP) is 2.83. The van der Waals surface area contributed by atoms with Crippen molar-refractivity contribution in [2.75, 3.05) is 0 Å². The van der Waals surface area contributed by atoms with Crippen molar-refractivity contribution in [3.05, 3.63) is 59.7 Å². The minimum Gasteiger partial charge on any atom is -0.347 e. The van der Waals surface area contributed by atoms with E-state index in [1.165, 1.54) is 12.1 Å². The maximum atomic E-state index is 12.9. The molecule has 0 spiro atoms. The molecule has 100 valence electrons. The van der Waals surface area contributed by atoms with Gasteiger partial charge in [-0.25, -0.2) is 4.39 Å². The molecule has 1 amide bonds. The second kappa shape index (κ2) is 4.88. The molecule has 3 nitrogen and oxygen atoms in total. The molecule has 0 unspecified atom stereocenters. The smallest absolute Gasteiger partial charge is 0.268 e. The summed E-state index contributed by atoms with van der Waals surface area (Å²) in [4.78, 5) is 12.2. The van der Waals surface area contributed by atoms with Gasteiger partial charge in [0.1, 0.15) is 11.5 Å². The summed E-state index contributed by atoms with van der Waals surface area (Å²) in [6.07, 6.45) is 1.82. The largest absolute Gasteiger partial charge is 0.347 e. The Kier molecular flexibility index (Phi) is 3.42. The van der Waals surface area contributed by atoms with E-state index < -0.39 is 5.54 Å². The van der Waals surface area contributed by atoms with E-state index >= 15 is 0 Å². The van der Waals surface area contributed by atoms with Gasteiger partial charge in [-0.05, 0) is 43.7 Å². The average molecular weight is 260 g/mol. The number of amides is 1. The Labute approximate surface area is 112 Å². The van der Waals surface area contributed by atoms with Gasteiger partial charge in [-0.2, -0.15) is 0 Å². The molecule has 0 aliphatic heterocycles. The van der Waals surface area contributed by atoms with Crippen LogP contribution in [0.15, 0.2) is 42.6 Å². The van der Waals surface area contributed by atoms with Gasteiger partial charge >= 0.3 is 0 Å². The normalized spacial score (nSPS) is 11.4. The lowest BCUT2D eigenvalue weighted by atomic mass is 9.94. The predicted molar refractivity (Wildman–Crippen MR) is 72.3 cm³/mol. The Bertz CT molecular complexity index is 584. The molecule has 0 atom stereocenters. The van der Waals surface area contributed by atoms with Crippen molar-refractivity contribution in [2.45, 2.75) is 19.4 Å². The number of hydrogen-bond donors (Lipinski definition) is 1. The average Bonchev–Trinajstić information content (AvgIpc) is 2.75. The number of aryl methyl sites for hydroxylation is 1. The van der Waals surface area contributed by atoms with Crippen LogP contribution in [-0.4, -0.2) is 10.5 Å². The minimum absolute atomic E-state index is 0.151. The van der Waals surface area contributed by atoms with Crippen molar-refractivity contribution in [1.29, 1.82) is 0 Å². The first kappa shape index (κ1) is 13.3. The zero-order chi connectivity index (χ0) is 14.0. The van der Waals surface area contributed by atoms with Crippen molar-refractivity contribution in [1.82, 2.24) is 9.88 Å².